The van der Waals surface area contributed by atoms with E-state index in [4.69, 9.17) is 14.2 Å². The second kappa shape index (κ2) is 11.4. The Morgan fingerprint density at radius 3 is 2.39 bits per heavy atom. The van der Waals surface area contributed by atoms with Crippen LogP contribution in [0, 0.1) is 0 Å². The highest BCUT2D eigenvalue weighted by atomic mass is 16.5. The molecule has 1 aliphatic rings. The molecular formula is C24H28N2O7. The van der Waals surface area contributed by atoms with E-state index in [0.29, 0.717) is 50.0 Å². The van der Waals surface area contributed by atoms with E-state index >= 15 is 0 Å². The molecule has 1 fully saturated rings. The Kier molecular flexibility index (Phi) is 8.39. The Morgan fingerprint density at radius 2 is 1.73 bits per heavy atom. The van der Waals surface area contributed by atoms with E-state index in [9.17, 15) is 19.5 Å². The van der Waals surface area contributed by atoms with Gasteiger partial charge in [-0.25, -0.2) is 4.79 Å². The zero-order valence-corrected chi connectivity index (χ0v) is 18.8. The minimum absolute atomic E-state index is 0.104. The summed E-state index contributed by atoms with van der Waals surface area (Å²) in [5.41, 5.74) is 0.789. The average Bonchev–Trinajstić information content (AvgIpc) is 2.81. The lowest BCUT2D eigenvalue weighted by Crippen LogP contribution is -2.38. The lowest BCUT2D eigenvalue weighted by Gasteiger charge is -2.26. The summed E-state index contributed by atoms with van der Waals surface area (Å²) in [4.78, 5) is 38.5. The van der Waals surface area contributed by atoms with Crippen LogP contribution in [0.3, 0.4) is 0 Å². The third-order valence-electron chi connectivity index (χ3n) is 5.18. The molecule has 0 spiro atoms. The Balaban J connectivity index is 1.74. The molecule has 0 atom stereocenters. The first kappa shape index (κ1) is 24.2. The molecule has 9 nitrogen and oxygen atoms in total. The van der Waals surface area contributed by atoms with Crippen molar-refractivity contribution in [2.24, 2.45) is 0 Å². The van der Waals surface area contributed by atoms with Crippen molar-refractivity contribution in [3.8, 4) is 11.5 Å². The number of carbonyl (C=O) groups excluding carboxylic acids is 2. The van der Waals surface area contributed by atoms with Crippen molar-refractivity contribution < 1.29 is 33.7 Å². The number of carboxylic acids is 1. The number of anilines is 1. The fourth-order valence-electron chi connectivity index (χ4n) is 3.40. The number of hydrogen-bond donors (Lipinski definition) is 2. The number of benzene rings is 2. The molecule has 1 heterocycles. The number of nitrogens with zero attached hydrogens (tertiary/aromatic N) is 1. The smallest absolute Gasteiger partial charge is 0.339 e. The highest BCUT2D eigenvalue weighted by Crippen LogP contribution is 2.28. The molecule has 1 amide bonds. The summed E-state index contributed by atoms with van der Waals surface area (Å²) >= 11 is 0. The SMILES string of the molecule is CCOc1ccc(C(C)=O)cc1NC(=O)c1ccc(OCCN2CCOCC2)c(C(=O)O)c1. The highest BCUT2D eigenvalue weighted by Gasteiger charge is 2.18. The van der Waals surface area contributed by atoms with Crippen LogP contribution in [0.2, 0.25) is 0 Å². The fraction of sp³-hybridized carbons (Fsp3) is 0.375. The van der Waals surface area contributed by atoms with E-state index < -0.39 is 11.9 Å². The van der Waals surface area contributed by atoms with Crippen molar-refractivity contribution in [1.82, 2.24) is 4.90 Å². The first-order valence-corrected chi connectivity index (χ1v) is 10.8. The quantitative estimate of drug-likeness (QED) is 0.525. The maximum Gasteiger partial charge on any atom is 0.339 e. The monoisotopic (exact) mass is 456 g/mol. The highest BCUT2D eigenvalue weighted by molar-refractivity contribution is 6.07. The minimum Gasteiger partial charge on any atom is -0.492 e. The number of carboxylic acid groups (broad SMARTS) is 1. The predicted molar refractivity (Wildman–Crippen MR) is 122 cm³/mol. The van der Waals surface area contributed by atoms with Crippen LogP contribution in [0.1, 0.15) is 44.9 Å². The molecule has 0 radical (unpaired) electrons. The normalized spacial score (nSPS) is 13.9. The predicted octanol–water partition coefficient (Wildman–Crippen LogP) is 2.95. The van der Waals surface area contributed by atoms with Crippen molar-refractivity contribution in [1.29, 1.82) is 0 Å². The van der Waals surface area contributed by atoms with E-state index in [2.05, 4.69) is 10.2 Å². The van der Waals surface area contributed by atoms with Crippen LogP contribution >= 0.6 is 0 Å². The Bertz CT molecular complexity index is 1020. The molecule has 0 unspecified atom stereocenters. The van der Waals surface area contributed by atoms with Gasteiger partial charge in [0, 0.05) is 30.8 Å². The lowest BCUT2D eigenvalue weighted by molar-refractivity contribution is 0.0321. The largest absolute Gasteiger partial charge is 0.492 e. The molecule has 33 heavy (non-hydrogen) atoms. The molecule has 2 aromatic carbocycles. The van der Waals surface area contributed by atoms with Gasteiger partial charge in [0.05, 0.1) is 25.5 Å². The van der Waals surface area contributed by atoms with Gasteiger partial charge in [-0.05, 0) is 50.2 Å². The molecule has 0 aliphatic carbocycles. The average molecular weight is 456 g/mol. The molecule has 2 N–H and O–H groups in total. The number of ether oxygens (including phenoxy) is 3. The molecule has 0 aromatic heterocycles. The van der Waals surface area contributed by atoms with Gasteiger partial charge in [-0.2, -0.15) is 0 Å². The standard InChI is InChI=1S/C24H28N2O7/c1-3-32-22-7-4-17(16(2)27)15-20(22)25-23(28)18-5-6-21(19(14-18)24(29)30)33-13-10-26-8-11-31-12-9-26/h4-7,14-15H,3,8-13H2,1-2H3,(H,25,28)(H,29,30). The van der Waals surface area contributed by atoms with Crippen molar-refractivity contribution in [2.45, 2.75) is 13.8 Å². The summed E-state index contributed by atoms with van der Waals surface area (Å²) in [7, 11) is 0. The molecule has 0 bridgehead atoms. The summed E-state index contributed by atoms with van der Waals surface area (Å²) in [5, 5.41) is 12.3. The maximum atomic E-state index is 12.9. The number of rotatable bonds is 10. The van der Waals surface area contributed by atoms with E-state index in [1.165, 1.54) is 31.2 Å². The third-order valence-corrected chi connectivity index (χ3v) is 5.18. The molecule has 176 valence electrons. The van der Waals surface area contributed by atoms with Crippen LogP contribution in [0.4, 0.5) is 5.69 Å². The molecule has 0 saturated carbocycles. The zero-order chi connectivity index (χ0) is 23.8. The molecule has 1 saturated heterocycles. The Labute approximate surface area is 192 Å². The van der Waals surface area contributed by atoms with Crippen molar-refractivity contribution >= 4 is 23.3 Å². The van der Waals surface area contributed by atoms with Gasteiger partial charge >= 0.3 is 5.97 Å². The summed E-state index contributed by atoms with van der Waals surface area (Å²) in [6, 6.07) is 9.02. The van der Waals surface area contributed by atoms with Gasteiger partial charge in [0.25, 0.3) is 5.91 Å². The number of nitrogens with one attached hydrogen (secondary N) is 1. The molecule has 3 rings (SSSR count). The van der Waals surface area contributed by atoms with Crippen LogP contribution < -0.4 is 14.8 Å². The van der Waals surface area contributed by atoms with Crippen LogP contribution in [0.25, 0.3) is 0 Å². The summed E-state index contributed by atoms with van der Waals surface area (Å²) < 4.78 is 16.5. The third kappa shape index (κ3) is 6.53. The van der Waals surface area contributed by atoms with E-state index in [-0.39, 0.29) is 22.7 Å². The van der Waals surface area contributed by atoms with Gasteiger partial charge in [0.1, 0.15) is 23.7 Å². The van der Waals surface area contributed by atoms with E-state index in [1.54, 1.807) is 19.1 Å². The van der Waals surface area contributed by atoms with Crippen LogP contribution in [-0.2, 0) is 4.74 Å². The van der Waals surface area contributed by atoms with Crippen molar-refractivity contribution in [2.75, 3.05) is 51.4 Å². The van der Waals surface area contributed by atoms with Crippen molar-refractivity contribution in [3.05, 3.63) is 53.1 Å². The Hall–Kier alpha value is -3.43. The van der Waals surface area contributed by atoms with Gasteiger partial charge in [0.15, 0.2) is 5.78 Å². The Morgan fingerprint density at radius 1 is 1.03 bits per heavy atom. The number of aromatic carboxylic acids is 1. The van der Waals surface area contributed by atoms with Crippen LogP contribution in [0.5, 0.6) is 11.5 Å². The first-order chi connectivity index (χ1) is 15.9. The summed E-state index contributed by atoms with van der Waals surface area (Å²) in [6.45, 7) is 7.54. The first-order valence-electron chi connectivity index (χ1n) is 10.8. The lowest BCUT2D eigenvalue weighted by atomic mass is 10.1. The molecular weight excluding hydrogens is 428 g/mol. The van der Waals surface area contributed by atoms with Crippen LogP contribution in [-0.4, -0.2) is 73.7 Å². The van der Waals surface area contributed by atoms with Gasteiger partial charge in [-0.1, -0.05) is 0 Å². The van der Waals surface area contributed by atoms with Gasteiger partial charge in [-0.3, -0.25) is 14.5 Å². The summed E-state index contributed by atoms with van der Waals surface area (Å²) in [6.07, 6.45) is 0. The molecule has 1 aliphatic heterocycles. The van der Waals surface area contributed by atoms with Gasteiger partial charge in [0.2, 0.25) is 0 Å². The number of carbonyl (C=O) groups is 3. The molecule has 9 heteroatoms. The second-order valence-electron chi connectivity index (χ2n) is 7.47. The van der Waals surface area contributed by atoms with Gasteiger partial charge < -0.3 is 24.6 Å². The minimum atomic E-state index is -1.19. The van der Waals surface area contributed by atoms with Crippen molar-refractivity contribution in [3.63, 3.8) is 0 Å². The van der Waals surface area contributed by atoms with E-state index in [1.807, 2.05) is 0 Å². The number of ketones is 1. The number of hydrogen-bond acceptors (Lipinski definition) is 7. The fourth-order valence-corrected chi connectivity index (χ4v) is 3.40. The maximum absolute atomic E-state index is 12.9. The van der Waals surface area contributed by atoms with E-state index in [0.717, 1.165) is 13.1 Å². The number of morpholine rings is 1. The number of amides is 1. The number of Topliss-reactive ketones (excluding diaryl/α,β-unsaturated/α-hetero) is 1. The molecule has 2 aromatic rings. The second-order valence-corrected chi connectivity index (χ2v) is 7.47. The van der Waals surface area contributed by atoms with Gasteiger partial charge in [-0.15, -0.1) is 0 Å². The summed E-state index contributed by atoms with van der Waals surface area (Å²) in [5.74, 6) is -1.27. The topological polar surface area (TPSA) is 114 Å². The van der Waals surface area contributed by atoms with Crippen LogP contribution in [0.15, 0.2) is 36.4 Å². The zero-order valence-electron chi connectivity index (χ0n) is 18.8.